The molecule has 0 saturated carbocycles. The first-order valence-electron chi connectivity index (χ1n) is 6.15. The largest absolute Gasteiger partial charge is 0.383 e. The van der Waals surface area contributed by atoms with Crippen molar-refractivity contribution in [2.75, 3.05) is 20.3 Å². The lowest BCUT2D eigenvalue weighted by molar-refractivity contribution is -0.121. The summed E-state index contributed by atoms with van der Waals surface area (Å²) in [6.07, 6.45) is 2.43. The molecule has 0 aliphatic carbocycles. The highest BCUT2D eigenvalue weighted by atomic mass is 35.5. The zero-order valence-corrected chi connectivity index (χ0v) is 11.8. The van der Waals surface area contributed by atoms with Crippen molar-refractivity contribution in [1.82, 2.24) is 9.88 Å². The molecule has 0 unspecified atom stereocenters. The van der Waals surface area contributed by atoms with Gasteiger partial charge in [-0.3, -0.25) is 9.59 Å². The van der Waals surface area contributed by atoms with Gasteiger partial charge in [0.15, 0.2) is 6.29 Å². The Hall–Kier alpha value is -1.85. The van der Waals surface area contributed by atoms with Gasteiger partial charge in [0.1, 0.15) is 6.54 Å². The molecule has 1 N–H and O–H groups in total. The summed E-state index contributed by atoms with van der Waals surface area (Å²) in [5, 5.41) is 4.08. The second kappa shape index (κ2) is 6.54. The van der Waals surface area contributed by atoms with Gasteiger partial charge >= 0.3 is 0 Å². The van der Waals surface area contributed by atoms with Crippen molar-refractivity contribution >= 4 is 34.7 Å². The number of carbonyl (C=O) groups excluding carboxylic acids is 2. The van der Waals surface area contributed by atoms with Crippen LogP contribution in [0.15, 0.2) is 24.4 Å². The van der Waals surface area contributed by atoms with Gasteiger partial charge in [0.2, 0.25) is 5.91 Å². The Kier molecular flexibility index (Phi) is 4.76. The molecule has 106 valence electrons. The molecule has 1 amide bonds. The molecule has 1 aromatic heterocycles. The SMILES string of the molecule is COCCNC(=O)Cn1cc(C=O)c2ccc(Cl)cc21. The number of fused-ring (bicyclic) bond motifs is 1. The first-order valence-corrected chi connectivity index (χ1v) is 6.52. The maximum absolute atomic E-state index is 11.8. The lowest BCUT2D eigenvalue weighted by Gasteiger charge is -2.07. The summed E-state index contributed by atoms with van der Waals surface area (Å²) < 4.78 is 6.58. The topological polar surface area (TPSA) is 60.3 Å². The smallest absolute Gasteiger partial charge is 0.240 e. The molecule has 20 heavy (non-hydrogen) atoms. The molecule has 0 bridgehead atoms. The van der Waals surface area contributed by atoms with Crippen LogP contribution >= 0.6 is 11.6 Å². The highest BCUT2D eigenvalue weighted by molar-refractivity contribution is 6.31. The van der Waals surface area contributed by atoms with Gasteiger partial charge < -0.3 is 14.6 Å². The predicted octanol–water partition coefficient (Wildman–Crippen LogP) is 1.87. The Morgan fingerprint density at radius 2 is 2.30 bits per heavy atom. The second-order valence-electron chi connectivity index (χ2n) is 4.33. The summed E-state index contributed by atoms with van der Waals surface area (Å²) in [4.78, 5) is 22.9. The first-order chi connectivity index (χ1) is 9.65. The van der Waals surface area contributed by atoms with Crippen LogP contribution in [0.25, 0.3) is 10.9 Å². The van der Waals surface area contributed by atoms with Crippen LogP contribution in [-0.2, 0) is 16.1 Å². The number of benzene rings is 1. The first kappa shape index (κ1) is 14.6. The molecule has 0 saturated heterocycles. The normalized spacial score (nSPS) is 10.7. The molecule has 1 aromatic carbocycles. The number of carbonyl (C=O) groups is 2. The third-order valence-electron chi connectivity index (χ3n) is 2.94. The summed E-state index contributed by atoms with van der Waals surface area (Å²) in [6, 6.07) is 5.24. The molecule has 2 aromatic rings. The van der Waals surface area contributed by atoms with Gasteiger partial charge in [0.25, 0.3) is 0 Å². The standard InChI is InChI=1S/C14H15ClN2O3/c1-20-5-4-16-14(19)8-17-7-10(9-18)12-3-2-11(15)6-13(12)17/h2-3,6-7,9H,4-5,8H2,1H3,(H,16,19). The van der Waals surface area contributed by atoms with Crippen LogP contribution in [0.4, 0.5) is 0 Å². The molecule has 5 nitrogen and oxygen atoms in total. The van der Waals surface area contributed by atoms with E-state index in [1.54, 1.807) is 36.1 Å². The number of nitrogens with one attached hydrogen (secondary N) is 1. The fraction of sp³-hybridized carbons (Fsp3) is 0.286. The van der Waals surface area contributed by atoms with E-state index in [-0.39, 0.29) is 12.5 Å². The van der Waals surface area contributed by atoms with Gasteiger partial charge in [0, 0.05) is 35.8 Å². The number of methoxy groups -OCH3 is 1. The number of amides is 1. The Bertz CT molecular complexity index is 637. The Morgan fingerprint density at radius 1 is 1.50 bits per heavy atom. The van der Waals surface area contributed by atoms with E-state index < -0.39 is 0 Å². The van der Waals surface area contributed by atoms with Crippen LogP contribution < -0.4 is 5.32 Å². The van der Waals surface area contributed by atoms with Gasteiger partial charge in [-0.15, -0.1) is 0 Å². The second-order valence-corrected chi connectivity index (χ2v) is 4.77. The summed E-state index contributed by atoms with van der Waals surface area (Å²) in [5.41, 5.74) is 1.31. The van der Waals surface area contributed by atoms with Crippen LogP contribution in [0.2, 0.25) is 5.02 Å². The average molecular weight is 295 g/mol. The highest BCUT2D eigenvalue weighted by Crippen LogP contribution is 2.23. The van der Waals surface area contributed by atoms with E-state index in [9.17, 15) is 9.59 Å². The molecule has 0 fully saturated rings. The average Bonchev–Trinajstić information content (AvgIpc) is 2.76. The quantitative estimate of drug-likeness (QED) is 0.653. The van der Waals surface area contributed by atoms with Crippen LogP contribution in [0.1, 0.15) is 10.4 Å². The summed E-state index contributed by atoms with van der Waals surface area (Å²) in [6.45, 7) is 1.05. The van der Waals surface area contributed by atoms with E-state index in [0.717, 1.165) is 17.2 Å². The van der Waals surface area contributed by atoms with E-state index in [2.05, 4.69) is 5.32 Å². The molecule has 0 aliphatic heterocycles. The molecule has 0 radical (unpaired) electrons. The fourth-order valence-corrected chi connectivity index (χ4v) is 2.19. The van der Waals surface area contributed by atoms with Crippen molar-refractivity contribution in [2.24, 2.45) is 0 Å². The predicted molar refractivity (Wildman–Crippen MR) is 77.2 cm³/mol. The monoisotopic (exact) mass is 294 g/mol. The number of halogens is 1. The number of hydrogen-bond donors (Lipinski definition) is 1. The maximum atomic E-state index is 11.8. The molecule has 6 heteroatoms. The molecule has 0 atom stereocenters. The Morgan fingerprint density at radius 3 is 3.00 bits per heavy atom. The minimum Gasteiger partial charge on any atom is -0.383 e. The Balaban J connectivity index is 2.23. The van der Waals surface area contributed by atoms with Crippen molar-refractivity contribution in [3.63, 3.8) is 0 Å². The number of rotatable bonds is 6. The maximum Gasteiger partial charge on any atom is 0.240 e. The van der Waals surface area contributed by atoms with Gasteiger partial charge in [0.05, 0.1) is 12.1 Å². The molecule has 0 aliphatic rings. The van der Waals surface area contributed by atoms with Crippen molar-refractivity contribution in [3.8, 4) is 0 Å². The third-order valence-corrected chi connectivity index (χ3v) is 3.18. The fourth-order valence-electron chi connectivity index (χ4n) is 2.02. The minimum absolute atomic E-state index is 0.133. The van der Waals surface area contributed by atoms with Crippen LogP contribution in [-0.4, -0.2) is 37.0 Å². The number of aldehydes is 1. The van der Waals surface area contributed by atoms with Crippen molar-refractivity contribution < 1.29 is 14.3 Å². The minimum atomic E-state index is -0.142. The number of nitrogens with zero attached hydrogens (tertiary/aromatic N) is 1. The lowest BCUT2D eigenvalue weighted by atomic mass is 10.2. The Labute approximate surface area is 121 Å². The zero-order chi connectivity index (χ0) is 14.5. The van der Waals surface area contributed by atoms with Crippen molar-refractivity contribution in [2.45, 2.75) is 6.54 Å². The highest BCUT2D eigenvalue weighted by Gasteiger charge is 2.11. The zero-order valence-electron chi connectivity index (χ0n) is 11.1. The van der Waals surface area contributed by atoms with Gasteiger partial charge in [-0.25, -0.2) is 0 Å². The molecule has 0 spiro atoms. The number of hydrogen-bond acceptors (Lipinski definition) is 3. The van der Waals surface area contributed by atoms with Crippen molar-refractivity contribution in [3.05, 3.63) is 35.0 Å². The van der Waals surface area contributed by atoms with Crippen LogP contribution in [0, 0.1) is 0 Å². The van der Waals surface area contributed by atoms with Crippen LogP contribution in [0.5, 0.6) is 0 Å². The summed E-state index contributed by atoms with van der Waals surface area (Å²) >= 11 is 5.96. The molecular formula is C14H15ClN2O3. The van der Waals surface area contributed by atoms with Crippen molar-refractivity contribution in [1.29, 1.82) is 0 Å². The van der Waals surface area contributed by atoms with E-state index >= 15 is 0 Å². The molecule has 2 rings (SSSR count). The number of aromatic nitrogens is 1. The van der Waals surface area contributed by atoms with Crippen LogP contribution in [0.3, 0.4) is 0 Å². The summed E-state index contributed by atoms with van der Waals surface area (Å²) in [7, 11) is 1.57. The third kappa shape index (κ3) is 3.18. The van der Waals surface area contributed by atoms with E-state index in [0.29, 0.717) is 23.7 Å². The van der Waals surface area contributed by atoms with E-state index in [4.69, 9.17) is 16.3 Å². The van der Waals surface area contributed by atoms with E-state index in [1.165, 1.54) is 0 Å². The summed E-state index contributed by atoms with van der Waals surface area (Å²) in [5.74, 6) is -0.142. The number of ether oxygens (including phenoxy) is 1. The van der Waals surface area contributed by atoms with Gasteiger partial charge in [-0.1, -0.05) is 17.7 Å². The van der Waals surface area contributed by atoms with Gasteiger partial charge in [-0.05, 0) is 12.1 Å². The van der Waals surface area contributed by atoms with E-state index in [1.807, 2.05) is 0 Å². The molecule has 1 heterocycles. The molecular weight excluding hydrogens is 280 g/mol. The van der Waals surface area contributed by atoms with Gasteiger partial charge in [-0.2, -0.15) is 0 Å². The lowest BCUT2D eigenvalue weighted by Crippen LogP contribution is -2.30.